The van der Waals surface area contributed by atoms with E-state index in [9.17, 15) is 0 Å². The molecule has 0 heterocycles. The van der Waals surface area contributed by atoms with Gasteiger partial charge in [-0.25, -0.2) is 24.3 Å². The topological polar surface area (TPSA) is 9.23 Å². The van der Waals surface area contributed by atoms with Crippen LogP contribution in [-0.2, 0) is 25.3 Å². The molecule has 2 fully saturated rings. The van der Waals surface area contributed by atoms with Crippen LogP contribution in [0.5, 0.6) is 0 Å². The van der Waals surface area contributed by atoms with Crippen LogP contribution in [0.3, 0.4) is 0 Å². The van der Waals surface area contributed by atoms with E-state index in [1.807, 2.05) is 30.3 Å². The van der Waals surface area contributed by atoms with E-state index in [-0.39, 0.29) is 0 Å². The predicted molar refractivity (Wildman–Crippen MR) is 117 cm³/mol. The molecule has 3 unspecified atom stereocenters. The summed E-state index contributed by atoms with van der Waals surface area (Å²) >= 11 is -0.826. The van der Waals surface area contributed by atoms with Gasteiger partial charge in [0.2, 0.25) is 0 Å². The molecule has 2 aliphatic rings. The average Bonchev–Trinajstić information content (AvgIpc) is 3.35. The second-order valence-corrected chi connectivity index (χ2v) is 16.7. The van der Waals surface area contributed by atoms with Gasteiger partial charge in [0.05, 0.1) is 6.10 Å². The Morgan fingerprint density at radius 1 is 1.07 bits per heavy atom. The number of rotatable bonds is 3. The molecule has 27 heavy (non-hydrogen) atoms. The molecule has 2 saturated carbocycles. The van der Waals surface area contributed by atoms with E-state index in [4.69, 9.17) is 21.5 Å². The smallest absolute Gasteiger partial charge is 0.172 e. The third kappa shape index (κ3) is 5.70. The van der Waals surface area contributed by atoms with Crippen LogP contribution in [0.15, 0.2) is 54.6 Å². The molecule has 0 spiro atoms. The maximum absolute atomic E-state index is 6.83. The van der Waals surface area contributed by atoms with Gasteiger partial charge in [-0.2, -0.15) is 30.3 Å². The van der Waals surface area contributed by atoms with Gasteiger partial charge in [-0.15, -0.1) is 5.19 Å². The minimum atomic E-state index is -1.77. The quantitative estimate of drug-likeness (QED) is 0.330. The van der Waals surface area contributed by atoms with E-state index in [0.29, 0.717) is 16.9 Å². The zero-order valence-corrected chi connectivity index (χ0v) is 22.1. The zero-order chi connectivity index (χ0) is 20.1. The standard InChI is InChI=1S/C17H27OSi.C5H5.2ClH.Zr/c1-16(2)13-10-11-17(3,12-13)15(16)18-19(4,5)14-8-6-7-9-14;1-2-4-5-3-1;;;/h6-9,13,15H,10-12H2,1-5H3;1-5H;2*1H;/q2*-1;;;+2/p-2. The average molecular weight is 503 g/mol. The van der Waals surface area contributed by atoms with Gasteiger partial charge in [0.1, 0.15) is 0 Å². The summed E-state index contributed by atoms with van der Waals surface area (Å²) in [5.41, 5.74) is 0.773. The SMILES string of the molecule is CC12CCC(C1)C(C)(C)C2O[Si](C)(C)[c-]1cccc1.[Cl][Zr][Cl].c1cc[cH-]c1. The van der Waals surface area contributed by atoms with E-state index in [0.717, 1.165) is 5.92 Å². The normalized spacial score (nSPS) is 28.0. The Balaban J connectivity index is 0.000000274. The molecule has 2 bridgehead atoms. The van der Waals surface area contributed by atoms with E-state index >= 15 is 0 Å². The van der Waals surface area contributed by atoms with Crippen LogP contribution in [0, 0.1) is 16.7 Å². The monoisotopic (exact) mass is 500 g/mol. The molecule has 0 saturated heterocycles. The molecule has 2 aliphatic carbocycles. The van der Waals surface area contributed by atoms with Gasteiger partial charge in [0.15, 0.2) is 8.32 Å². The Morgan fingerprint density at radius 3 is 2.04 bits per heavy atom. The molecular weight excluding hydrogens is 470 g/mol. The van der Waals surface area contributed by atoms with Crippen molar-refractivity contribution in [2.24, 2.45) is 16.7 Å². The summed E-state index contributed by atoms with van der Waals surface area (Å²) in [6, 6.07) is 18.8. The summed E-state index contributed by atoms with van der Waals surface area (Å²) in [6.45, 7) is 12.0. The van der Waals surface area contributed by atoms with Crippen molar-refractivity contribution >= 4 is 30.5 Å². The van der Waals surface area contributed by atoms with Crippen molar-refractivity contribution in [3.8, 4) is 0 Å². The van der Waals surface area contributed by atoms with Crippen molar-refractivity contribution in [1.29, 1.82) is 0 Å². The number of fused-ring (bicyclic) bond motifs is 2. The Labute approximate surface area is 185 Å². The minimum absolute atomic E-state index is 0.351. The summed E-state index contributed by atoms with van der Waals surface area (Å²) in [6.07, 6.45) is 4.57. The molecule has 0 aromatic heterocycles. The third-order valence-corrected chi connectivity index (χ3v) is 9.01. The van der Waals surface area contributed by atoms with Crippen molar-refractivity contribution in [1.82, 2.24) is 0 Å². The van der Waals surface area contributed by atoms with Crippen LogP contribution in [0.4, 0.5) is 0 Å². The van der Waals surface area contributed by atoms with Crippen LogP contribution < -0.4 is 5.19 Å². The van der Waals surface area contributed by atoms with Crippen molar-refractivity contribution < 1.29 is 25.3 Å². The van der Waals surface area contributed by atoms with Crippen LogP contribution >= 0.6 is 17.0 Å². The molecule has 2 aromatic carbocycles. The molecule has 150 valence electrons. The summed E-state index contributed by atoms with van der Waals surface area (Å²) in [5.74, 6) is 0.868. The molecular formula is C22H32Cl2OSiZr-2. The Bertz CT molecular complexity index is 632. The van der Waals surface area contributed by atoms with Crippen LogP contribution in [0.25, 0.3) is 0 Å². The van der Waals surface area contributed by atoms with Crippen molar-refractivity contribution in [3.05, 3.63) is 54.6 Å². The summed E-state index contributed by atoms with van der Waals surface area (Å²) in [4.78, 5) is 0. The summed E-state index contributed by atoms with van der Waals surface area (Å²) in [5, 5.41) is 1.44. The van der Waals surface area contributed by atoms with Gasteiger partial charge in [-0.1, -0.05) is 33.9 Å². The van der Waals surface area contributed by atoms with Gasteiger partial charge in [0.25, 0.3) is 0 Å². The van der Waals surface area contributed by atoms with Gasteiger partial charge in [-0.05, 0) is 36.0 Å². The number of hydrogen-bond acceptors (Lipinski definition) is 1. The van der Waals surface area contributed by atoms with E-state index in [1.54, 1.807) is 0 Å². The maximum Gasteiger partial charge on any atom is -0.172 e. The van der Waals surface area contributed by atoms with Gasteiger partial charge >= 0.3 is 37.9 Å². The maximum atomic E-state index is 6.83. The Kier molecular flexibility index (Phi) is 8.66. The molecule has 3 atom stereocenters. The van der Waals surface area contributed by atoms with Crippen molar-refractivity contribution in [2.45, 2.75) is 59.2 Å². The van der Waals surface area contributed by atoms with Gasteiger partial charge in [-0.3, -0.25) is 0 Å². The van der Waals surface area contributed by atoms with Crippen molar-refractivity contribution in [3.63, 3.8) is 0 Å². The number of hydrogen-bond donors (Lipinski definition) is 0. The zero-order valence-electron chi connectivity index (χ0n) is 17.1. The van der Waals surface area contributed by atoms with Crippen LogP contribution in [0.2, 0.25) is 13.1 Å². The molecule has 0 amide bonds. The van der Waals surface area contributed by atoms with Crippen LogP contribution in [-0.4, -0.2) is 14.4 Å². The van der Waals surface area contributed by atoms with Crippen LogP contribution in [0.1, 0.15) is 40.0 Å². The van der Waals surface area contributed by atoms with E-state index in [1.165, 1.54) is 24.4 Å². The fourth-order valence-electron chi connectivity index (χ4n) is 5.01. The molecule has 2 aromatic rings. The first-order chi connectivity index (χ1) is 12.7. The van der Waals surface area contributed by atoms with Crippen molar-refractivity contribution in [2.75, 3.05) is 0 Å². The summed E-state index contributed by atoms with van der Waals surface area (Å²) < 4.78 is 6.83. The predicted octanol–water partition coefficient (Wildman–Crippen LogP) is 6.83. The second-order valence-electron chi connectivity index (χ2n) is 9.13. The molecule has 5 heteroatoms. The largest absolute Gasteiger partial charge is 0.214 e. The summed E-state index contributed by atoms with van der Waals surface area (Å²) in [7, 11) is 8.10. The Hall–Kier alpha value is 0.340. The van der Waals surface area contributed by atoms with Gasteiger partial charge < -0.3 is 4.43 Å². The molecule has 0 N–H and O–H groups in total. The molecule has 0 radical (unpaired) electrons. The fourth-order valence-corrected chi connectivity index (χ4v) is 7.32. The Morgan fingerprint density at radius 2 is 1.63 bits per heavy atom. The fraction of sp³-hybridized carbons (Fsp3) is 0.545. The van der Waals surface area contributed by atoms with E-state index < -0.39 is 29.2 Å². The minimum Gasteiger partial charge on any atom is -0.214 e. The van der Waals surface area contributed by atoms with Gasteiger partial charge in [0, 0.05) is 0 Å². The third-order valence-electron chi connectivity index (χ3n) is 6.46. The van der Waals surface area contributed by atoms with E-state index in [2.05, 4.69) is 58.1 Å². The second kappa shape index (κ2) is 9.90. The first kappa shape index (κ1) is 23.6. The number of halogens is 2. The first-order valence-electron chi connectivity index (χ1n) is 9.70. The first-order valence-corrected chi connectivity index (χ1v) is 18.9. The molecule has 4 rings (SSSR count). The molecule has 1 nitrogen and oxygen atoms in total. The molecule has 0 aliphatic heterocycles.